The number of carbonyl (C=O) groups excluding carboxylic acids is 2. The molecule has 0 saturated heterocycles. The van der Waals surface area contributed by atoms with E-state index in [1.54, 1.807) is 0 Å². The molecule has 25 heavy (non-hydrogen) atoms. The monoisotopic (exact) mass is 360 g/mol. The molecule has 0 spiro atoms. The van der Waals surface area contributed by atoms with Gasteiger partial charge in [0.15, 0.2) is 0 Å². The molecule has 3 N–H and O–H groups in total. The molecule has 1 rings (SSSR count). The molecule has 2 unspecified atom stereocenters. The predicted octanol–water partition coefficient (Wildman–Crippen LogP) is 0.865. The van der Waals surface area contributed by atoms with Crippen molar-refractivity contribution in [2.75, 3.05) is 0 Å². The average Bonchev–Trinajstić information content (AvgIpc) is 2.45. The minimum Gasteiger partial charge on any atom is -0.481 e. The Morgan fingerprint density at radius 3 is 1.48 bits per heavy atom. The lowest BCUT2D eigenvalue weighted by Gasteiger charge is -2.31. The van der Waals surface area contributed by atoms with Crippen LogP contribution >= 0.6 is 0 Å². The highest BCUT2D eigenvalue weighted by Crippen LogP contribution is 2.25. The average molecular weight is 360 g/mol. The van der Waals surface area contributed by atoms with Crippen molar-refractivity contribution in [1.29, 1.82) is 0 Å². The van der Waals surface area contributed by atoms with Gasteiger partial charge in [-0.15, -0.1) is 0 Å². The first-order chi connectivity index (χ1) is 11.8. The van der Waals surface area contributed by atoms with E-state index >= 15 is 0 Å². The third-order valence-corrected chi connectivity index (χ3v) is 3.74. The second-order valence-electron chi connectivity index (χ2n) is 6.08. The largest absolute Gasteiger partial charge is 0.481 e. The zero-order chi connectivity index (χ0) is 18.8. The molecular formula is C16H24O9. The highest BCUT2D eigenvalue weighted by Gasteiger charge is 2.32. The summed E-state index contributed by atoms with van der Waals surface area (Å²) < 4.78 is 10.4. The summed E-state index contributed by atoms with van der Waals surface area (Å²) >= 11 is 0. The predicted molar refractivity (Wildman–Crippen MR) is 82.6 cm³/mol. The van der Waals surface area contributed by atoms with E-state index in [4.69, 9.17) is 19.7 Å². The molecule has 9 nitrogen and oxygen atoms in total. The summed E-state index contributed by atoms with van der Waals surface area (Å²) in [6.45, 7) is 0. The molecule has 1 saturated carbocycles. The molecule has 0 aromatic rings. The van der Waals surface area contributed by atoms with Crippen molar-refractivity contribution in [3.05, 3.63) is 0 Å². The summed E-state index contributed by atoms with van der Waals surface area (Å²) in [6, 6.07) is 0. The van der Waals surface area contributed by atoms with Crippen molar-refractivity contribution < 1.29 is 44.0 Å². The van der Waals surface area contributed by atoms with E-state index in [1.165, 1.54) is 0 Å². The summed E-state index contributed by atoms with van der Waals surface area (Å²) in [5.41, 5.74) is 0. The minimum atomic E-state index is -0.990. The number of aliphatic hydroxyl groups is 1. The quantitative estimate of drug-likeness (QED) is 0.482. The molecule has 0 radical (unpaired) electrons. The molecule has 0 amide bonds. The maximum absolute atomic E-state index is 11.7. The van der Waals surface area contributed by atoms with Gasteiger partial charge in [-0.25, -0.2) is 0 Å². The van der Waals surface area contributed by atoms with Crippen molar-refractivity contribution in [2.24, 2.45) is 0 Å². The van der Waals surface area contributed by atoms with Gasteiger partial charge in [0.25, 0.3) is 0 Å². The number of carboxylic acids is 2. The van der Waals surface area contributed by atoms with Crippen LogP contribution in [0.15, 0.2) is 0 Å². The Morgan fingerprint density at radius 1 is 0.720 bits per heavy atom. The maximum atomic E-state index is 11.7. The van der Waals surface area contributed by atoms with E-state index in [2.05, 4.69) is 0 Å². The van der Waals surface area contributed by atoms with E-state index in [0.717, 1.165) is 0 Å². The van der Waals surface area contributed by atoms with E-state index in [0.29, 0.717) is 0 Å². The van der Waals surface area contributed by atoms with Crippen molar-refractivity contribution in [3.63, 3.8) is 0 Å². The van der Waals surface area contributed by atoms with Crippen LogP contribution in [0.25, 0.3) is 0 Å². The van der Waals surface area contributed by atoms with E-state index in [9.17, 15) is 24.3 Å². The Hall–Kier alpha value is -2.16. The summed E-state index contributed by atoms with van der Waals surface area (Å²) in [7, 11) is 0. The Balaban J connectivity index is 2.35. The lowest BCUT2D eigenvalue weighted by Crippen LogP contribution is -2.38. The van der Waals surface area contributed by atoms with Gasteiger partial charge in [0.05, 0.1) is 6.10 Å². The maximum Gasteiger partial charge on any atom is 0.306 e. The molecule has 0 bridgehead atoms. The number of hydrogen-bond donors (Lipinski definition) is 3. The third-order valence-electron chi connectivity index (χ3n) is 3.74. The zero-order valence-corrected chi connectivity index (χ0v) is 13.9. The van der Waals surface area contributed by atoms with Crippen LogP contribution in [0.1, 0.15) is 57.8 Å². The molecule has 1 aliphatic carbocycles. The molecule has 1 aliphatic rings. The Morgan fingerprint density at radius 2 is 1.12 bits per heavy atom. The topological polar surface area (TPSA) is 147 Å². The van der Waals surface area contributed by atoms with Gasteiger partial charge in [-0.1, -0.05) is 0 Å². The minimum absolute atomic E-state index is 0.0292. The zero-order valence-electron chi connectivity index (χ0n) is 13.9. The summed E-state index contributed by atoms with van der Waals surface area (Å²) in [5, 5.41) is 26.9. The van der Waals surface area contributed by atoms with Crippen LogP contribution in [0.5, 0.6) is 0 Å². The molecule has 0 aromatic heterocycles. The number of ether oxygens (including phenoxy) is 2. The van der Waals surface area contributed by atoms with E-state index in [-0.39, 0.29) is 57.8 Å². The standard InChI is InChI=1S/C16H24O9/c17-10-7-11(24-15(22)5-1-3-13(18)19)9-12(8-10)25-16(23)6-2-4-14(20)21/h10-12,17H,1-9H2,(H,18,19)(H,20,21). The van der Waals surface area contributed by atoms with Crippen LogP contribution in [0.2, 0.25) is 0 Å². The number of hydrogen-bond acceptors (Lipinski definition) is 7. The molecule has 0 aromatic carbocycles. The molecule has 9 heteroatoms. The lowest BCUT2D eigenvalue weighted by molar-refractivity contribution is -0.163. The van der Waals surface area contributed by atoms with Crippen LogP contribution in [-0.4, -0.2) is 57.5 Å². The highest BCUT2D eigenvalue weighted by molar-refractivity contribution is 5.72. The van der Waals surface area contributed by atoms with Gasteiger partial charge in [-0.2, -0.15) is 0 Å². The first kappa shape index (κ1) is 20.9. The number of rotatable bonds is 10. The van der Waals surface area contributed by atoms with E-state index in [1.807, 2.05) is 0 Å². The Kier molecular flexibility index (Phi) is 8.90. The second kappa shape index (κ2) is 10.7. The molecular weight excluding hydrogens is 336 g/mol. The van der Waals surface area contributed by atoms with Gasteiger partial charge in [0, 0.05) is 44.9 Å². The van der Waals surface area contributed by atoms with Crippen molar-refractivity contribution in [2.45, 2.75) is 76.1 Å². The van der Waals surface area contributed by atoms with Crippen LogP contribution in [0, 0.1) is 0 Å². The molecule has 2 atom stereocenters. The number of carboxylic acid groups (broad SMARTS) is 2. The second-order valence-corrected chi connectivity index (χ2v) is 6.08. The number of aliphatic carboxylic acids is 2. The van der Waals surface area contributed by atoms with Crippen molar-refractivity contribution in [3.8, 4) is 0 Å². The van der Waals surface area contributed by atoms with Crippen molar-refractivity contribution in [1.82, 2.24) is 0 Å². The fourth-order valence-corrected chi connectivity index (χ4v) is 2.64. The van der Waals surface area contributed by atoms with Crippen molar-refractivity contribution >= 4 is 23.9 Å². The highest BCUT2D eigenvalue weighted by atomic mass is 16.6. The van der Waals surface area contributed by atoms with Gasteiger partial charge < -0.3 is 24.8 Å². The fourth-order valence-electron chi connectivity index (χ4n) is 2.64. The Labute approximate surface area is 144 Å². The van der Waals surface area contributed by atoms with Crippen LogP contribution in [0.4, 0.5) is 0 Å². The first-order valence-corrected chi connectivity index (χ1v) is 8.27. The van der Waals surface area contributed by atoms with E-state index < -0.39 is 42.2 Å². The molecule has 1 fully saturated rings. The van der Waals surface area contributed by atoms with Gasteiger partial charge in [0.1, 0.15) is 12.2 Å². The van der Waals surface area contributed by atoms with Crippen LogP contribution in [-0.2, 0) is 28.7 Å². The molecule has 0 aliphatic heterocycles. The smallest absolute Gasteiger partial charge is 0.306 e. The number of aliphatic hydroxyl groups excluding tert-OH is 1. The fraction of sp³-hybridized carbons (Fsp3) is 0.750. The SMILES string of the molecule is O=C(O)CCCC(=O)OC1CC(O)CC(OC(=O)CCCC(=O)O)C1. The van der Waals surface area contributed by atoms with Crippen LogP contribution < -0.4 is 0 Å². The van der Waals surface area contributed by atoms with Crippen LogP contribution in [0.3, 0.4) is 0 Å². The molecule has 142 valence electrons. The van der Waals surface area contributed by atoms with Gasteiger partial charge >= 0.3 is 23.9 Å². The lowest BCUT2D eigenvalue weighted by atomic mass is 9.92. The van der Waals surface area contributed by atoms with Gasteiger partial charge in [-0.3, -0.25) is 19.2 Å². The Bertz CT molecular complexity index is 446. The van der Waals surface area contributed by atoms with Gasteiger partial charge in [0.2, 0.25) is 0 Å². The summed E-state index contributed by atoms with van der Waals surface area (Å²) in [5.74, 6) is -3.08. The first-order valence-electron chi connectivity index (χ1n) is 8.27. The summed E-state index contributed by atoms with van der Waals surface area (Å²) in [6.07, 6.45) is -1.22. The summed E-state index contributed by atoms with van der Waals surface area (Å²) in [4.78, 5) is 44.2. The third kappa shape index (κ3) is 9.65. The number of esters is 2. The molecule has 0 heterocycles. The number of carbonyl (C=O) groups is 4. The normalized spacial score (nSPS) is 22.8. The van der Waals surface area contributed by atoms with Gasteiger partial charge in [-0.05, 0) is 12.8 Å².